The number of carbonyl (C=O) groups is 1. The van der Waals surface area contributed by atoms with E-state index in [2.05, 4.69) is 22.1 Å². The van der Waals surface area contributed by atoms with E-state index in [1.165, 1.54) is 16.4 Å². The van der Waals surface area contributed by atoms with Gasteiger partial charge < -0.3 is 19.5 Å². The van der Waals surface area contributed by atoms with E-state index < -0.39 is 15.9 Å². The standard InChI is InChI=1S/C24H36N6O4S/c1-6-9-21-26-17(4)22(28(21)5)24(31)27-23(25)19-16-18(10-11-20(19)34-8-3)35(32,33)30-14-12-29(7-2)13-15-30/h10-11,16H,6-9,12-15H2,1-5H3,(H2,25,27,31). The molecular formula is C24H36N6O4S. The zero-order chi connectivity index (χ0) is 25.8. The average molecular weight is 505 g/mol. The number of hydrogen-bond donors (Lipinski definition) is 2. The van der Waals surface area contributed by atoms with E-state index >= 15 is 0 Å². The molecule has 2 aromatic rings. The Hall–Kier alpha value is -2.76. The van der Waals surface area contributed by atoms with Crippen molar-refractivity contribution in [3.63, 3.8) is 0 Å². The van der Waals surface area contributed by atoms with Crippen molar-refractivity contribution in [3.8, 4) is 5.75 Å². The molecule has 1 aromatic heterocycles. The second-order valence-electron chi connectivity index (χ2n) is 8.53. The van der Waals surface area contributed by atoms with Gasteiger partial charge in [-0.15, -0.1) is 0 Å². The molecule has 0 bridgehead atoms. The summed E-state index contributed by atoms with van der Waals surface area (Å²) in [6, 6.07) is 4.45. The lowest BCUT2D eigenvalue weighted by atomic mass is 10.1. The SMILES string of the molecule is CCCc1nc(C)c(C(=O)NC(=N)c2cc(S(=O)(=O)N3CCN(CC)CC3)ccc2OCC)n1C. The highest BCUT2D eigenvalue weighted by molar-refractivity contribution is 7.89. The number of rotatable bonds is 9. The highest BCUT2D eigenvalue weighted by Gasteiger charge is 2.29. The molecule has 11 heteroatoms. The zero-order valence-electron chi connectivity index (χ0n) is 21.2. The molecule has 192 valence electrons. The highest BCUT2D eigenvalue weighted by atomic mass is 32.2. The van der Waals surface area contributed by atoms with Gasteiger partial charge >= 0.3 is 0 Å². The summed E-state index contributed by atoms with van der Waals surface area (Å²) in [6.07, 6.45) is 1.64. The number of piperazine rings is 1. The fraction of sp³-hybridized carbons (Fsp3) is 0.542. The average Bonchev–Trinajstić information content (AvgIpc) is 3.12. The Morgan fingerprint density at radius 1 is 1.17 bits per heavy atom. The van der Waals surface area contributed by atoms with Crippen LogP contribution in [0.5, 0.6) is 5.75 Å². The monoisotopic (exact) mass is 504 g/mol. The van der Waals surface area contributed by atoms with Crippen LogP contribution in [0.4, 0.5) is 0 Å². The molecule has 3 rings (SSSR count). The molecule has 0 spiro atoms. The van der Waals surface area contributed by atoms with Crippen LogP contribution >= 0.6 is 0 Å². The van der Waals surface area contributed by atoms with E-state index in [0.29, 0.717) is 49.9 Å². The van der Waals surface area contributed by atoms with Crippen molar-refractivity contribution in [1.82, 2.24) is 24.1 Å². The molecule has 0 aliphatic carbocycles. The first-order valence-corrected chi connectivity index (χ1v) is 13.5. The highest BCUT2D eigenvalue weighted by Crippen LogP contribution is 2.26. The van der Waals surface area contributed by atoms with Crippen LogP contribution in [0.25, 0.3) is 0 Å². The molecule has 1 aliphatic rings. The number of aromatic nitrogens is 2. The molecular weight excluding hydrogens is 468 g/mol. The third-order valence-corrected chi connectivity index (χ3v) is 8.12. The minimum absolute atomic E-state index is 0.0712. The van der Waals surface area contributed by atoms with E-state index in [1.54, 1.807) is 31.5 Å². The number of imidazole rings is 1. The second kappa shape index (κ2) is 11.3. The minimum Gasteiger partial charge on any atom is -0.493 e. The van der Waals surface area contributed by atoms with Gasteiger partial charge in [0.1, 0.15) is 23.1 Å². The maximum Gasteiger partial charge on any atom is 0.275 e. The van der Waals surface area contributed by atoms with Crippen molar-refractivity contribution in [2.45, 2.75) is 45.4 Å². The lowest BCUT2D eigenvalue weighted by molar-refractivity contribution is 0.0968. The summed E-state index contributed by atoms with van der Waals surface area (Å²) >= 11 is 0. The predicted molar refractivity (Wildman–Crippen MR) is 135 cm³/mol. The summed E-state index contributed by atoms with van der Waals surface area (Å²) in [5, 5.41) is 11.2. The van der Waals surface area contributed by atoms with E-state index in [9.17, 15) is 13.2 Å². The normalized spacial score (nSPS) is 15.2. The van der Waals surface area contributed by atoms with Crippen LogP contribution in [0, 0.1) is 12.3 Å². The Morgan fingerprint density at radius 3 is 2.46 bits per heavy atom. The van der Waals surface area contributed by atoms with Crippen LogP contribution < -0.4 is 10.1 Å². The number of benzene rings is 1. The maximum absolute atomic E-state index is 13.3. The van der Waals surface area contributed by atoms with Crippen molar-refractivity contribution in [2.75, 3.05) is 39.3 Å². The molecule has 1 aliphatic heterocycles. The number of amidine groups is 1. The number of aryl methyl sites for hydroxylation is 2. The number of ether oxygens (including phenoxy) is 1. The molecule has 2 heterocycles. The molecule has 2 N–H and O–H groups in total. The van der Waals surface area contributed by atoms with Gasteiger partial charge in [0.15, 0.2) is 0 Å². The van der Waals surface area contributed by atoms with Gasteiger partial charge in [-0.05, 0) is 45.0 Å². The Bertz CT molecular complexity index is 1180. The molecule has 0 radical (unpaired) electrons. The fourth-order valence-corrected chi connectivity index (χ4v) is 5.73. The van der Waals surface area contributed by atoms with Crippen LogP contribution in [0.1, 0.15) is 54.8 Å². The van der Waals surface area contributed by atoms with E-state index in [1.807, 2.05) is 6.92 Å². The molecule has 1 aromatic carbocycles. The molecule has 0 saturated carbocycles. The van der Waals surface area contributed by atoms with Gasteiger partial charge in [-0.25, -0.2) is 13.4 Å². The van der Waals surface area contributed by atoms with Crippen molar-refractivity contribution in [3.05, 3.63) is 41.0 Å². The first-order valence-electron chi connectivity index (χ1n) is 12.1. The van der Waals surface area contributed by atoms with Crippen LogP contribution in [-0.4, -0.2) is 78.2 Å². The number of sulfonamides is 1. The number of hydrogen-bond acceptors (Lipinski definition) is 7. The van der Waals surface area contributed by atoms with Crippen LogP contribution in [0.3, 0.4) is 0 Å². The van der Waals surface area contributed by atoms with Crippen LogP contribution in [0.2, 0.25) is 0 Å². The fourth-order valence-electron chi connectivity index (χ4n) is 4.28. The number of likely N-dealkylation sites (N-methyl/N-ethyl adjacent to an activating group) is 1. The molecule has 10 nitrogen and oxygen atoms in total. The van der Waals surface area contributed by atoms with Gasteiger partial charge in [0.05, 0.1) is 22.8 Å². The Labute approximate surface area is 207 Å². The Morgan fingerprint density at radius 2 is 1.86 bits per heavy atom. The zero-order valence-corrected chi connectivity index (χ0v) is 22.0. The minimum atomic E-state index is -3.75. The van der Waals surface area contributed by atoms with E-state index in [-0.39, 0.29) is 16.3 Å². The predicted octanol–water partition coefficient (Wildman–Crippen LogP) is 2.16. The smallest absolute Gasteiger partial charge is 0.275 e. The number of carbonyl (C=O) groups excluding carboxylic acids is 1. The molecule has 0 atom stereocenters. The molecule has 1 fully saturated rings. The molecule has 0 unspecified atom stereocenters. The largest absolute Gasteiger partial charge is 0.493 e. The summed E-state index contributed by atoms with van der Waals surface area (Å²) in [7, 11) is -1.97. The van der Waals surface area contributed by atoms with Crippen molar-refractivity contribution >= 4 is 21.8 Å². The van der Waals surface area contributed by atoms with Crippen molar-refractivity contribution < 1.29 is 17.9 Å². The number of amides is 1. The second-order valence-corrected chi connectivity index (χ2v) is 10.5. The lowest BCUT2D eigenvalue weighted by Gasteiger charge is -2.33. The van der Waals surface area contributed by atoms with Crippen molar-refractivity contribution in [1.29, 1.82) is 5.41 Å². The quantitative estimate of drug-likeness (QED) is 0.399. The Kier molecular flexibility index (Phi) is 8.68. The van der Waals surface area contributed by atoms with Gasteiger partial charge in [-0.3, -0.25) is 10.2 Å². The van der Waals surface area contributed by atoms with Gasteiger partial charge in [-0.2, -0.15) is 4.31 Å². The molecule has 1 amide bonds. The number of nitrogens with zero attached hydrogens (tertiary/aromatic N) is 4. The van der Waals surface area contributed by atoms with Gasteiger partial charge in [0, 0.05) is 39.6 Å². The van der Waals surface area contributed by atoms with Gasteiger partial charge in [0.25, 0.3) is 5.91 Å². The molecule has 35 heavy (non-hydrogen) atoms. The number of nitrogens with one attached hydrogen (secondary N) is 2. The topological polar surface area (TPSA) is 121 Å². The summed E-state index contributed by atoms with van der Waals surface area (Å²) in [6.45, 7) is 11.0. The van der Waals surface area contributed by atoms with Crippen LogP contribution in [0.15, 0.2) is 23.1 Å². The first-order chi connectivity index (χ1) is 16.6. The third-order valence-electron chi connectivity index (χ3n) is 6.23. The summed E-state index contributed by atoms with van der Waals surface area (Å²) in [4.78, 5) is 19.8. The molecule has 1 saturated heterocycles. The van der Waals surface area contributed by atoms with Gasteiger partial charge in [0.2, 0.25) is 10.0 Å². The summed E-state index contributed by atoms with van der Waals surface area (Å²) < 4.78 is 35.5. The maximum atomic E-state index is 13.3. The van der Waals surface area contributed by atoms with Gasteiger partial charge in [-0.1, -0.05) is 13.8 Å². The summed E-state index contributed by atoms with van der Waals surface area (Å²) in [5.41, 5.74) is 1.16. The third kappa shape index (κ3) is 5.74. The summed E-state index contributed by atoms with van der Waals surface area (Å²) in [5.74, 6) is 0.425. The van der Waals surface area contributed by atoms with Crippen LogP contribution in [-0.2, 0) is 23.5 Å². The van der Waals surface area contributed by atoms with E-state index in [0.717, 1.165) is 25.2 Å². The van der Waals surface area contributed by atoms with Crippen molar-refractivity contribution in [2.24, 2.45) is 7.05 Å². The Balaban J connectivity index is 1.89. The first kappa shape index (κ1) is 26.8. The van der Waals surface area contributed by atoms with E-state index in [4.69, 9.17) is 10.1 Å². The lowest BCUT2D eigenvalue weighted by Crippen LogP contribution is -2.48.